The van der Waals surface area contributed by atoms with Gasteiger partial charge in [0, 0.05) is 0 Å². The van der Waals surface area contributed by atoms with Gasteiger partial charge in [0.1, 0.15) is 6.54 Å². The molecule has 1 amide bonds. The van der Waals surface area contributed by atoms with Crippen molar-refractivity contribution >= 4 is 11.9 Å². The lowest BCUT2D eigenvalue weighted by atomic mass is 10.1. The van der Waals surface area contributed by atoms with E-state index in [1.165, 1.54) is 0 Å². The van der Waals surface area contributed by atoms with Crippen molar-refractivity contribution in [1.29, 1.82) is 0 Å². The quantitative estimate of drug-likeness (QED) is 0.602. The third-order valence-electron chi connectivity index (χ3n) is 1.90. The standard InChI is InChI=1S/C9H10F7NO3/c1-2-3-20-5(18)4-17-6(19)7(10,11)8(12,13)9(14,15)16/h2-4H2,1H3,(H,17,19). The molecule has 0 saturated carbocycles. The van der Waals surface area contributed by atoms with Crippen molar-refractivity contribution in [3.63, 3.8) is 0 Å². The van der Waals surface area contributed by atoms with Crippen molar-refractivity contribution in [1.82, 2.24) is 5.32 Å². The molecule has 0 radical (unpaired) electrons. The Hall–Kier alpha value is -1.55. The van der Waals surface area contributed by atoms with Crippen LogP contribution < -0.4 is 5.32 Å². The number of esters is 1. The molecule has 0 aliphatic heterocycles. The molecule has 0 bridgehead atoms. The number of ether oxygens (including phenoxy) is 1. The van der Waals surface area contributed by atoms with Gasteiger partial charge >= 0.3 is 24.0 Å². The summed E-state index contributed by atoms with van der Waals surface area (Å²) in [6.45, 7) is 0.218. The zero-order chi connectivity index (χ0) is 16.2. The van der Waals surface area contributed by atoms with E-state index in [1.54, 1.807) is 6.92 Å². The van der Waals surface area contributed by atoms with E-state index in [4.69, 9.17) is 0 Å². The summed E-state index contributed by atoms with van der Waals surface area (Å²) in [4.78, 5) is 21.5. The van der Waals surface area contributed by atoms with Gasteiger partial charge in [0.25, 0.3) is 5.91 Å². The minimum atomic E-state index is -6.61. The maximum Gasteiger partial charge on any atom is 0.460 e. The van der Waals surface area contributed by atoms with Gasteiger partial charge in [-0.15, -0.1) is 0 Å². The second-order valence-electron chi connectivity index (χ2n) is 3.55. The largest absolute Gasteiger partial charge is 0.464 e. The molecule has 0 unspecified atom stereocenters. The Morgan fingerprint density at radius 3 is 1.95 bits per heavy atom. The highest BCUT2D eigenvalue weighted by Gasteiger charge is 2.76. The first-order valence-electron chi connectivity index (χ1n) is 5.14. The summed E-state index contributed by atoms with van der Waals surface area (Å²) in [5.74, 6) is -16.8. The Balaban J connectivity index is 4.72. The molecular weight excluding hydrogens is 303 g/mol. The number of carbonyl (C=O) groups excluding carboxylic acids is 2. The number of carbonyl (C=O) groups is 2. The van der Waals surface area contributed by atoms with E-state index < -0.39 is 36.4 Å². The fraction of sp³-hybridized carbons (Fsp3) is 0.778. The van der Waals surface area contributed by atoms with Gasteiger partial charge in [-0.05, 0) is 6.42 Å². The summed E-state index contributed by atoms with van der Waals surface area (Å²) in [5, 5.41) is 0.966. The first kappa shape index (κ1) is 18.4. The SMILES string of the molecule is CCCOC(=O)CNC(=O)C(F)(F)C(F)(F)C(F)(F)F. The Morgan fingerprint density at radius 1 is 1.05 bits per heavy atom. The zero-order valence-corrected chi connectivity index (χ0v) is 9.99. The normalized spacial score (nSPS) is 13.0. The van der Waals surface area contributed by atoms with Crippen LogP contribution in [0.25, 0.3) is 0 Å². The molecule has 118 valence electrons. The average Bonchev–Trinajstić information content (AvgIpc) is 2.31. The molecule has 0 aromatic rings. The fourth-order valence-electron chi connectivity index (χ4n) is 0.851. The molecule has 20 heavy (non-hydrogen) atoms. The van der Waals surface area contributed by atoms with Crippen LogP contribution in [0.1, 0.15) is 13.3 Å². The molecule has 11 heteroatoms. The van der Waals surface area contributed by atoms with Crippen LogP contribution in [0.2, 0.25) is 0 Å². The van der Waals surface area contributed by atoms with Gasteiger partial charge in [0.2, 0.25) is 0 Å². The molecule has 0 fully saturated rings. The first-order chi connectivity index (χ1) is 8.88. The molecule has 1 N–H and O–H groups in total. The summed E-state index contributed by atoms with van der Waals surface area (Å²) in [6, 6.07) is 0. The van der Waals surface area contributed by atoms with Gasteiger partial charge in [-0.25, -0.2) is 0 Å². The lowest BCUT2D eigenvalue weighted by Gasteiger charge is -2.26. The summed E-state index contributed by atoms with van der Waals surface area (Å²) < 4.78 is 89.9. The second kappa shape index (κ2) is 6.27. The van der Waals surface area contributed by atoms with Gasteiger partial charge in [0.15, 0.2) is 0 Å². The monoisotopic (exact) mass is 313 g/mol. The maximum atomic E-state index is 12.8. The molecule has 0 aliphatic rings. The molecule has 0 heterocycles. The molecular formula is C9H10F7NO3. The van der Waals surface area contributed by atoms with Crippen molar-refractivity contribution in [2.24, 2.45) is 0 Å². The van der Waals surface area contributed by atoms with E-state index in [0.29, 0.717) is 6.42 Å². The van der Waals surface area contributed by atoms with Crippen LogP contribution in [-0.4, -0.2) is 43.0 Å². The van der Waals surface area contributed by atoms with Crippen LogP contribution in [-0.2, 0) is 14.3 Å². The topological polar surface area (TPSA) is 55.4 Å². The zero-order valence-electron chi connectivity index (χ0n) is 9.99. The fourth-order valence-corrected chi connectivity index (χ4v) is 0.851. The van der Waals surface area contributed by atoms with E-state index >= 15 is 0 Å². The Bertz CT molecular complexity index is 367. The van der Waals surface area contributed by atoms with E-state index in [0.717, 1.165) is 5.32 Å². The Labute approximate surface area is 108 Å². The van der Waals surface area contributed by atoms with Gasteiger partial charge in [-0.1, -0.05) is 6.92 Å². The van der Waals surface area contributed by atoms with E-state index in [2.05, 4.69) is 4.74 Å². The predicted molar refractivity (Wildman–Crippen MR) is 50.2 cm³/mol. The number of alkyl halides is 7. The lowest BCUT2D eigenvalue weighted by molar-refractivity contribution is -0.344. The smallest absolute Gasteiger partial charge is 0.460 e. The van der Waals surface area contributed by atoms with Crippen molar-refractivity contribution in [2.75, 3.05) is 13.2 Å². The average molecular weight is 313 g/mol. The molecule has 0 aromatic heterocycles. The number of amides is 1. The van der Waals surface area contributed by atoms with Crippen LogP contribution in [0.5, 0.6) is 0 Å². The highest BCUT2D eigenvalue weighted by Crippen LogP contribution is 2.46. The number of hydrogen-bond donors (Lipinski definition) is 1. The third kappa shape index (κ3) is 3.97. The number of hydrogen-bond acceptors (Lipinski definition) is 3. The molecule has 0 spiro atoms. The molecule has 0 atom stereocenters. The predicted octanol–water partition coefficient (Wildman–Crippen LogP) is 1.89. The third-order valence-corrected chi connectivity index (χ3v) is 1.90. The Morgan fingerprint density at radius 2 is 1.55 bits per heavy atom. The van der Waals surface area contributed by atoms with Crippen molar-refractivity contribution < 1.29 is 45.1 Å². The van der Waals surface area contributed by atoms with Crippen LogP contribution >= 0.6 is 0 Å². The minimum absolute atomic E-state index is 0.121. The van der Waals surface area contributed by atoms with Gasteiger partial charge in [-0.2, -0.15) is 30.7 Å². The molecule has 0 saturated heterocycles. The number of halogens is 7. The minimum Gasteiger partial charge on any atom is -0.464 e. The van der Waals surface area contributed by atoms with Crippen molar-refractivity contribution in [2.45, 2.75) is 31.4 Å². The highest BCUT2D eigenvalue weighted by molar-refractivity contribution is 5.87. The van der Waals surface area contributed by atoms with Crippen LogP contribution in [0.15, 0.2) is 0 Å². The van der Waals surface area contributed by atoms with E-state index in [9.17, 15) is 40.3 Å². The summed E-state index contributed by atoms with van der Waals surface area (Å²) in [6.07, 6.45) is -6.25. The van der Waals surface area contributed by atoms with E-state index in [-0.39, 0.29) is 6.61 Å². The number of rotatable bonds is 6. The second-order valence-corrected chi connectivity index (χ2v) is 3.55. The van der Waals surface area contributed by atoms with Crippen molar-refractivity contribution in [3.8, 4) is 0 Å². The summed E-state index contributed by atoms with van der Waals surface area (Å²) in [5.41, 5.74) is 0. The van der Waals surface area contributed by atoms with Gasteiger partial charge < -0.3 is 10.1 Å². The Kier molecular flexibility index (Phi) is 5.78. The van der Waals surface area contributed by atoms with Crippen LogP contribution in [0.3, 0.4) is 0 Å². The molecule has 0 rings (SSSR count). The number of nitrogens with one attached hydrogen (secondary N) is 1. The van der Waals surface area contributed by atoms with Gasteiger partial charge in [0.05, 0.1) is 6.61 Å². The highest BCUT2D eigenvalue weighted by atomic mass is 19.4. The van der Waals surface area contributed by atoms with E-state index in [1.807, 2.05) is 0 Å². The van der Waals surface area contributed by atoms with Crippen LogP contribution in [0.4, 0.5) is 30.7 Å². The summed E-state index contributed by atoms with van der Waals surface area (Å²) >= 11 is 0. The van der Waals surface area contributed by atoms with Crippen LogP contribution in [0, 0.1) is 0 Å². The molecule has 0 aliphatic carbocycles. The van der Waals surface area contributed by atoms with Crippen molar-refractivity contribution in [3.05, 3.63) is 0 Å². The first-order valence-corrected chi connectivity index (χ1v) is 5.14. The molecule has 0 aromatic carbocycles. The van der Waals surface area contributed by atoms with Gasteiger partial charge in [-0.3, -0.25) is 9.59 Å². The summed E-state index contributed by atoms with van der Waals surface area (Å²) in [7, 11) is 0. The maximum absolute atomic E-state index is 12.8. The lowest BCUT2D eigenvalue weighted by Crippen LogP contribution is -2.59. The molecule has 4 nitrogen and oxygen atoms in total.